The Balaban J connectivity index is 2.15. The maximum Gasteiger partial charge on any atom is 0.219 e. The lowest BCUT2D eigenvalue weighted by Gasteiger charge is -2.52. The summed E-state index contributed by atoms with van der Waals surface area (Å²) in [7, 11) is 0. The highest BCUT2D eigenvalue weighted by Crippen LogP contribution is 2.56. The second-order valence-corrected chi connectivity index (χ2v) is 5.86. The van der Waals surface area contributed by atoms with Crippen LogP contribution in [0.2, 0.25) is 0 Å². The average molecular weight is 181 g/mol. The smallest absolute Gasteiger partial charge is 0.219 e. The summed E-state index contributed by atoms with van der Waals surface area (Å²) < 4.78 is 0. The van der Waals surface area contributed by atoms with Crippen LogP contribution in [0.5, 0.6) is 0 Å². The molecule has 1 aliphatic carbocycles. The molecule has 0 aromatic carbocycles. The quantitative estimate of drug-likeness (QED) is 0.560. The number of nitrogens with zero attached hydrogens (tertiary/aromatic N) is 1. The van der Waals surface area contributed by atoms with Gasteiger partial charge in [-0.2, -0.15) is 0 Å². The van der Waals surface area contributed by atoms with Crippen molar-refractivity contribution >= 4 is 5.91 Å². The van der Waals surface area contributed by atoms with E-state index in [4.69, 9.17) is 0 Å². The highest BCUT2D eigenvalue weighted by Gasteiger charge is 2.58. The second-order valence-electron chi connectivity index (χ2n) is 5.86. The summed E-state index contributed by atoms with van der Waals surface area (Å²) in [4.78, 5) is 13.3. The van der Waals surface area contributed by atoms with E-state index in [0.717, 1.165) is 6.54 Å². The molecule has 2 nitrogen and oxygen atoms in total. The molecule has 2 heteroatoms. The van der Waals surface area contributed by atoms with Crippen LogP contribution in [0.15, 0.2) is 0 Å². The predicted octanol–water partition coefficient (Wildman–Crippen LogP) is 2.04. The topological polar surface area (TPSA) is 20.3 Å². The van der Waals surface area contributed by atoms with Gasteiger partial charge in [0.2, 0.25) is 5.91 Å². The second kappa shape index (κ2) is 2.28. The summed E-state index contributed by atoms with van der Waals surface area (Å²) in [6.45, 7) is 9.62. The first-order valence-corrected chi connectivity index (χ1v) is 5.11. The fraction of sp³-hybridized carbons (Fsp3) is 0.909. The van der Waals surface area contributed by atoms with E-state index < -0.39 is 0 Å². The van der Waals surface area contributed by atoms with Gasteiger partial charge in [0.15, 0.2) is 0 Å². The Kier molecular flexibility index (Phi) is 1.59. The van der Waals surface area contributed by atoms with Crippen LogP contribution in [0.4, 0.5) is 0 Å². The number of carbonyl (C=O) groups excluding carboxylic acids is 1. The van der Waals surface area contributed by atoms with Crippen molar-refractivity contribution in [1.82, 2.24) is 4.90 Å². The SMILES string of the molecule is CC(=O)N1CC2(C)CC(C)(C)CC12. The van der Waals surface area contributed by atoms with Crippen molar-refractivity contribution in [3.63, 3.8) is 0 Å². The van der Waals surface area contributed by atoms with E-state index in [9.17, 15) is 4.79 Å². The van der Waals surface area contributed by atoms with Crippen LogP contribution in [0, 0.1) is 10.8 Å². The van der Waals surface area contributed by atoms with Crippen LogP contribution in [0.25, 0.3) is 0 Å². The molecule has 2 rings (SSSR count). The van der Waals surface area contributed by atoms with E-state index >= 15 is 0 Å². The van der Waals surface area contributed by atoms with Crippen molar-refractivity contribution in [1.29, 1.82) is 0 Å². The van der Waals surface area contributed by atoms with Crippen molar-refractivity contribution in [2.75, 3.05) is 6.54 Å². The van der Waals surface area contributed by atoms with Gasteiger partial charge in [-0.25, -0.2) is 0 Å². The monoisotopic (exact) mass is 181 g/mol. The molecule has 2 atom stereocenters. The van der Waals surface area contributed by atoms with Crippen LogP contribution >= 0.6 is 0 Å². The number of hydrogen-bond donors (Lipinski definition) is 0. The molecule has 2 unspecified atom stereocenters. The first kappa shape index (κ1) is 9.04. The molecule has 2 fully saturated rings. The zero-order valence-corrected chi connectivity index (χ0v) is 9.05. The van der Waals surface area contributed by atoms with E-state index in [1.165, 1.54) is 12.8 Å². The fourth-order valence-electron chi connectivity index (χ4n) is 3.42. The minimum absolute atomic E-state index is 0.250. The Labute approximate surface area is 80.3 Å². The highest BCUT2D eigenvalue weighted by molar-refractivity contribution is 5.75. The summed E-state index contributed by atoms with van der Waals surface area (Å²) >= 11 is 0. The highest BCUT2D eigenvalue weighted by atomic mass is 16.2. The Morgan fingerprint density at radius 2 is 2.00 bits per heavy atom. The molecule has 1 saturated heterocycles. The number of amides is 1. The van der Waals surface area contributed by atoms with Crippen molar-refractivity contribution in [2.24, 2.45) is 10.8 Å². The number of rotatable bonds is 0. The molecular formula is C11H19NO. The number of carbonyl (C=O) groups is 1. The lowest BCUT2D eigenvalue weighted by atomic mass is 9.75. The van der Waals surface area contributed by atoms with Gasteiger partial charge >= 0.3 is 0 Å². The lowest BCUT2D eigenvalue weighted by molar-refractivity contribution is -0.146. The van der Waals surface area contributed by atoms with Crippen LogP contribution in [0.3, 0.4) is 0 Å². The van der Waals surface area contributed by atoms with Crippen LogP contribution in [-0.4, -0.2) is 23.4 Å². The van der Waals surface area contributed by atoms with E-state index in [1.54, 1.807) is 6.92 Å². The van der Waals surface area contributed by atoms with Gasteiger partial charge in [0, 0.05) is 24.9 Å². The zero-order chi connectivity index (χ0) is 9.85. The molecule has 1 amide bonds. The van der Waals surface area contributed by atoms with Crippen LogP contribution < -0.4 is 0 Å². The first-order chi connectivity index (χ1) is 5.84. The Bertz CT molecular complexity index is 259. The third-order valence-corrected chi connectivity index (χ3v) is 3.75. The number of likely N-dealkylation sites (tertiary alicyclic amines) is 1. The minimum Gasteiger partial charge on any atom is -0.339 e. The van der Waals surface area contributed by atoms with Gasteiger partial charge in [0.1, 0.15) is 0 Å². The molecule has 0 bridgehead atoms. The zero-order valence-electron chi connectivity index (χ0n) is 9.05. The lowest BCUT2D eigenvalue weighted by Crippen LogP contribution is -2.61. The third-order valence-electron chi connectivity index (χ3n) is 3.75. The maximum absolute atomic E-state index is 11.2. The van der Waals surface area contributed by atoms with Crippen LogP contribution in [-0.2, 0) is 4.79 Å². The molecule has 1 aliphatic heterocycles. The van der Waals surface area contributed by atoms with E-state index in [0.29, 0.717) is 16.9 Å². The van der Waals surface area contributed by atoms with Gasteiger partial charge < -0.3 is 4.90 Å². The van der Waals surface area contributed by atoms with E-state index in [2.05, 4.69) is 20.8 Å². The maximum atomic E-state index is 11.2. The molecule has 1 heterocycles. The summed E-state index contributed by atoms with van der Waals surface area (Å²) in [5.41, 5.74) is 0.860. The Morgan fingerprint density at radius 1 is 1.38 bits per heavy atom. The van der Waals surface area contributed by atoms with Crippen LogP contribution in [0.1, 0.15) is 40.5 Å². The average Bonchev–Trinajstić information content (AvgIpc) is 2.09. The largest absolute Gasteiger partial charge is 0.339 e. The molecular weight excluding hydrogens is 162 g/mol. The third kappa shape index (κ3) is 1.18. The Morgan fingerprint density at radius 3 is 2.46 bits per heavy atom. The predicted molar refractivity (Wildman–Crippen MR) is 52.3 cm³/mol. The standard InChI is InChI=1S/C11H19NO/c1-8(13)12-7-11(4)6-10(2,3)5-9(11)12/h9H,5-7H2,1-4H3. The molecule has 0 spiro atoms. The molecule has 74 valence electrons. The summed E-state index contributed by atoms with van der Waals surface area (Å²) in [6.07, 6.45) is 2.46. The summed E-state index contributed by atoms with van der Waals surface area (Å²) in [5.74, 6) is 0.250. The number of fused-ring (bicyclic) bond motifs is 1. The molecule has 1 saturated carbocycles. The van der Waals surface area contributed by atoms with Gasteiger partial charge in [-0.3, -0.25) is 4.79 Å². The minimum atomic E-state index is 0.250. The van der Waals surface area contributed by atoms with Crippen molar-refractivity contribution in [3.8, 4) is 0 Å². The van der Waals surface area contributed by atoms with Gasteiger partial charge in [0.25, 0.3) is 0 Å². The first-order valence-electron chi connectivity index (χ1n) is 5.11. The van der Waals surface area contributed by atoms with E-state index in [-0.39, 0.29) is 5.91 Å². The van der Waals surface area contributed by atoms with Crippen molar-refractivity contribution in [3.05, 3.63) is 0 Å². The van der Waals surface area contributed by atoms with Gasteiger partial charge in [-0.1, -0.05) is 20.8 Å². The molecule has 2 aliphatic rings. The molecule has 0 aromatic heterocycles. The molecule has 0 aromatic rings. The molecule has 0 N–H and O–H groups in total. The van der Waals surface area contributed by atoms with Gasteiger partial charge in [-0.05, 0) is 18.3 Å². The summed E-state index contributed by atoms with van der Waals surface area (Å²) in [6, 6.07) is 0.528. The molecule has 13 heavy (non-hydrogen) atoms. The summed E-state index contributed by atoms with van der Waals surface area (Å²) in [5, 5.41) is 0. The van der Waals surface area contributed by atoms with Crippen molar-refractivity contribution < 1.29 is 4.79 Å². The van der Waals surface area contributed by atoms with E-state index in [1.807, 2.05) is 4.90 Å². The Hall–Kier alpha value is -0.530. The van der Waals surface area contributed by atoms with Gasteiger partial charge in [0.05, 0.1) is 0 Å². The fourth-order valence-corrected chi connectivity index (χ4v) is 3.42. The normalized spacial score (nSPS) is 41.2. The number of hydrogen-bond acceptors (Lipinski definition) is 1. The molecule has 0 radical (unpaired) electrons. The van der Waals surface area contributed by atoms with Gasteiger partial charge in [-0.15, -0.1) is 0 Å². The van der Waals surface area contributed by atoms with Crippen molar-refractivity contribution in [2.45, 2.75) is 46.6 Å².